The molecule has 1 aromatic rings. The molecule has 0 aliphatic carbocycles. The smallest absolute Gasteiger partial charge is 0.282 e. The number of nitrogens with one attached hydrogen (secondary N) is 1. The summed E-state index contributed by atoms with van der Waals surface area (Å²) in [5, 5.41) is 6.64. The Morgan fingerprint density at radius 3 is 2.94 bits per heavy atom. The number of aromatic amines is 1. The first-order chi connectivity index (χ1) is 8.03. The normalized spacial score (nSPS) is 23.1. The van der Waals surface area contributed by atoms with Crippen LogP contribution in [0.15, 0.2) is 12.3 Å². The van der Waals surface area contributed by atoms with Crippen molar-refractivity contribution in [1.29, 1.82) is 0 Å². The summed E-state index contributed by atoms with van der Waals surface area (Å²) in [7, 11) is -0.391. The number of hydrogen-bond donors (Lipinski definition) is 1. The van der Waals surface area contributed by atoms with Gasteiger partial charge in [-0.3, -0.25) is 5.10 Å². The number of aromatic nitrogens is 2. The zero-order chi connectivity index (χ0) is 12.5. The molecule has 1 atom stereocenters. The van der Waals surface area contributed by atoms with Gasteiger partial charge in [-0.25, -0.2) is 0 Å². The molecule has 0 amide bonds. The predicted octanol–water partition coefficient (Wildman–Crippen LogP) is -0.411. The highest BCUT2D eigenvalue weighted by Gasteiger charge is 2.35. The minimum Gasteiger partial charge on any atom is -0.378 e. The molecule has 0 aromatic carbocycles. The molecule has 8 heteroatoms. The fourth-order valence-corrected chi connectivity index (χ4v) is 2.99. The van der Waals surface area contributed by atoms with E-state index in [1.54, 1.807) is 12.3 Å². The fourth-order valence-electron chi connectivity index (χ4n) is 1.77. The average Bonchev–Trinajstić information content (AvgIpc) is 2.82. The molecule has 0 saturated carbocycles. The minimum absolute atomic E-state index is 0.335. The lowest BCUT2D eigenvalue weighted by atomic mass is 10.2. The summed E-state index contributed by atoms with van der Waals surface area (Å²) in [6, 6.07) is 1.43. The molecule has 7 nitrogen and oxygen atoms in total. The van der Waals surface area contributed by atoms with E-state index in [1.807, 2.05) is 0 Å². The Hall–Kier alpha value is -0.960. The molecule has 1 aliphatic heterocycles. The van der Waals surface area contributed by atoms with Gasteiger partial charge in [0.05, 0.1) is 24.9 Å². The first kappa shape index (κ1) is 12.5. The number of rotatable bonds is 3. The number of morpholine rings is 1. The molecule has 0 unspecified atom stereocenters. The molecule has 1 fully saturated rings. The van der Waals surface area contributed by atoms with E-state index in [-0.39, 0.29) is 6.04 Å². The fraction of sp³-hybridized carbons (Fsp3) is 0.667. The number of ether oxygens (including phenoxy) is 1. The van der Waals surface area contributed by atoms with Crippen molar-refractivity contribution in [2.45, 2.75) is 6.04 Å². The molecule has 0 bridgehead atoms. The van der Waals surface area contributed by atoms with E-state index in [4.69, 9.17) is 4.74 Å². The van der Waals surface area contributed by atoms with Crippen molar-refractivity contribution in [3.63, 3.8) is 0 Å². The molecule has 96 valence electrons. The second-order valence-corrected chi connectivity index (χ2v) is 6.10. The third kappa shape index (κ3) is 2.34. The van der Waals surface area contributed by atoms with Gasteiger partial charge in [-0.2, -0.15) is 22.1 Å². The second-order valence-electron chi connectivity index (χ2n) is 4.00. The largest absolute Gasteiger partial charge is 0.378 e. The van der Waals surface area contributed by atoms with E-state index < -0.39 is 10.2 Å². The topological polar surface area (TPSA) is 78.5 Å². The summed E-state index contributed by atoms with van der Waals surface area (Å²) in [4.78, 5) is 0. The van der Waals surface area contributed by atoms with Gasteiger partial charge in [0.15, 0.2) is 0 Å². The Kier molecular flexibility index (Phi) is 3.48. The molecule has 1 saturated heterocycles. The summed E-state index contributed by atoms with van der Waals surface area (Å²) >= 11 is 0. The Morgan fingerprint density at radius 2 is 2.35 bits per heavy atom. The summed E-state index contributed by atoms with van der Waals surface area (Å²) in [5.74, 6) is 0. The Labute approximate surface area is 101 Å². The standard InChI is InChI=1S/C9H16N4O3S/c1-12(2)17(14,15)13-5-6-16-7-9(13)8-3-4-10-11-8/h3-4,9H,5-7H2,1-2H3,(H,10,11)/t9-/m0/s1. The van der Waals surface area contributed by atoms with Crippen molar-refractivity contribution in [2.24, 2.45) is 0 Å². The van der Waals surface area contributed by atoms with Crippen LogP contribution in [0.5, 0.6) is 0 Å². The maximum Gasteiger partial charge on any atom is 0.282 e. The zero-order valence-electron chi connectivity index (χ0n) is 9.83. The Balaban J connectivity index is 2.31. The first-order valence-electron chi connectivity index (χ1n) is 5.30. The monoisotopic (exact) mass is 260 g/mol. The van der Waals surface area contributed by atoms with E-state index in [0.717, 1.165) is 5.69 Å². The van der Waals surface area contributed by atoms with Gasteiger partial charge in [0.2, 0.25) is 0 Å². The van der Waals surface area contributed by atoms with Crippen molar-refractivity contribution in [2.75, 3.05) is 33.9 Å². The SMILES string of the molecule is CN(C)S(=O)(=O)N1CCOC[C@H]1c1ccn[nH]1. The van der Waals surface area contributed by atoms with Crippen molar-refractivity contribution in [3.05, 3.63) is 18.0 Å². The van der Waals surface area contributed by atoms with Gasteiger partial charge < -0.3 is 4.74 Å². The van der Waals surface area contributed by atoms with Crippen LogP contribution in [0.4, 0.5) is 0 Å². The molecule has 1 aliphatic rings. The zero-order valence-corrected chi connectivity index (χ0v) is 10.6. The van der Waals surface area contributed by atoms with Crippen LogP contribution in [0.2, 0.25) is 0 Å². The van der Waals surface area contributed by atoms with Crippen LogP contribution in [0.25, 0.3) is 0 Å². The molecule has 17 heavy (non-hydrogen) atoms. The highest BCUT2D eigenvalue weighted by atomic mass is 32.2. The molecular weight excluding hydrogens is 244 g/mol. The van der Waals surface area contributed by atoms with Gasteiger partial charge in [0.1, 0.15) is 0 Å². The maximum absolute atomic E-state index is 12.2. The third-order valence-corrected chi connectivity index (χ3v) is 4.67. The quantitative estimate of drug-likeness (QED) is 0.801. The first-order valence-corrected chi connectivity index (χ1v) is 6.69. The lowest BCUT2D eigenvalue weighted by Crippen LogP contribution is -2.48. The lowest BCUT2D eigenvalue weighted by molar-refractivity contribution is 0.0284. The van der Waals surface area contributed by atoms with Gasteiger partial charge in [0, 0.05) is 26.8 Å². The summed E-state index contributed by atoms with van der Waals surface area (Å²) in [6.07, 6.45) is 1.60. The van der Waals surface area contributed by atoms with Crippen LogP contribution in [0.1, 0.15) is 11.7 Å². The van der Waals surface area contributed by atoms with Crippen LogP contribution in [0.3, 0.4) is 0 Å². The van der Waals surface area contributed by atoms with Gasteiger partial charge in [0.25, 0.3) is 10.2 Å². The van der Waals surface area contributed by atoms with Crippen LogP contribution in [-0.4, -0.2) is 61.1 Å². The molecule has 0 radical (unpaired) electrons. The Morgan fingerprint density at radius 1 is 1.59 bits per heavy atom. The molecule has 1 aromatic heterocycles. The minimum atomic E-state index is -3.44. The van der Waals surface area contributed by atoms with Crippen molar-refractivity contribution >= 4 is 10.2 Å². The van der Waals surface area contributed by atoms with Crippen molar-refractivity contribution in [3.8, 4) is 0 Å². The van der Waals surface area contributed by atoms with E-state index in [1.165, 1.54) is 22.7 Å². The lowest BCUT2D eigenvalue weighted by Gasteiger charge is -2.35. The number of nitrogens with zero attached hydrogens (tertiary/aromatic N) is 3. The molecule has 0 spiro atoms. The maximum atomic E-state index is 12.2. The van der Waals surface area contributed by atoms with Gasteiger partial charge in [-0.15, -0.1) is 0 Å². The highest BCUT2D eigenvalue weighted by molar-refractivity contribution is 7.86. The van der Waals surface area contributed by atoms with Gasteiger partial charge in [-0.05, 0) is 6.07 Å². The van der Waals surface area contributed by atoms with Gasteiger partial charge in [-0.1, -0.05) is 0 Å². The van der Waals surface area contributed by atoms with E-state index in [9.17, 15) is 8.42 Å². The van der Waals surface area contributed by atoms with E-state index in [2.05, 4.69) is 10.2 Å². The van der Waals surface area contributed by atoms with Crippen LogP contribution in [0, 0.1) is 0 Å². The van der Waals surface area contributed by atoms with Crippen LogP contribution < -0.4 is 0 Å². The van der Waals surface area contributed by atoms with E-state index in [0.29, 0.717) is 19.8 Å². The van der Waals surface area contributed by atoms with Crippen LogP contribution >= 0.6 is 0 Å². The van der Waals surface area contributed by atoms with Crippen LogP contribution in [-0.2, 0) is 14.9 Å². The second kappa shape index (κ2) is 4.73. The average molecular weight is 260 g/mol. The number of hydrogen-bond acceptors (Lipinski definition) is 4. The highest BCUT2D eigenvalue weighted by Crippen LogP contribution is 2.26. The Bertz CT molecular complexity index is 457. The molecule has 1 N–H and O–H groups in total. The number of H-pyrrole nitrogens is 1. The van der Waals surface area contributed by atoms with Gasteiger partial charge >= 0.3 is 0 Å². The summed E-state index contributed by atoms with van der Waals surface area (Å²) in [5.41, 5.74) is 0.745. The van der Waals surface area contributed by atoms with Crippen molar-refractivity contribution < 1.29 is 13.2 Å². The summed E-state index contributed by atoms with van der Waals surface area (Å²) in [6.45, 7) is 1.11. The third-order valence-electron chi connectivity index (χ3n) is 2.72. The molecule has 2 rings (SSSR count). The predicted molar refractivity (Wildman–Crippen MR) is 61.5 cm³/mol. The molecule has 2 heterocycles. The summed E-state index contributed by atoms with van der Waals surface area (Å²) < 4.78 is 32.3. The van der Waals surface area contributed by atoms with E-state index >= 15 is 0 Å². The molecular formula is C9H16N4O3S. The van der Waals surface area contributed by atoms with Crippen molar-refractivity contribution in [1.82, 2.24) is 18.8 Å².